The number of likely N-dealkylation sites (N-methyl/N-ethyl adjacent to an activating group) is 1. The third kappa shape index (κ3) is 2.82. The van der Waals surface area contributed by atoms with Gasteiger partial charge in [0.25, 0.3) is 5.91 Å². The number of amides is 1. The molecule has 0 atom stereocenters. The van der Waals surface area contributed by atoms with Gasteiger partial charge in [-0.3, -0.25) is 4.79 Å². The summed E-state index contributed by atoms with van der Waals surface area (Å²) in [7, 11) is 3.68. The van der Waals surface area contributed by atoms with Crippen molar-refractivity contribution in [3.63, 3.8) is 0 Å². The first-order valence-electron chi connectivity index (χ1n) is 7.26. The third-order valence-electron chi connectivity index (χ3n) is 3.94. The molecule has 22 heavy (non-hydrogen) atoms. The van der Waals surface area contributed by atoms with Gasteiger partial charge in [0.15, 0.2) is 5.76 Å². The highest BCUT2D eigenvalue weighted by atomic mass is 16.5. The number of rotatable bonds is 3. The van der Waals surface area contributed by atoms with E-state index in [1.54, 1.807) is 7.11 Å². The SMILES string of the molecule is COc1ccc(-c2oncc2C(=O)N2CCN(C)CC2)cc1. The maximum Gasteiger partial charge on any atom is 0.259 e. The third-order valence-corrected chi connectivity index (χ3v) is 3.94. The quantitative estimate of drug-likeness (QED) is 0.864. The van der Waals surface area contributed by atoms with E-state index in [4.69, 9.17) is 9.26 Å². The number of hydrogen-bond donors (Lipinski definition) is 0. The topological polar surface area (TPSA) is 58.8 Å². The molecule has 116 valence electrons. The number of carbonyl (C=O) groups excluding carboxylic acids is 1. The maximum absolute atomic E-state index is 12.7. The number of aromatic nitrogens is 1. The van der Waals surface area contributed by atoms with Gasteiger partial charge in [0.2, 0.25) is 0 Å². The lowest BCUT2D eigenvalue weighted by molar-refractivity contribution is 0.0664. The Labute approximate surface area is 129 Å². The molecule has 0 spiro atoms. The molecule has 0 saturated carbocycles. The van der Waals surface area contributed by atoms with E-state index in [9.17, 15) is 4.79 Å². The van der Waals surface area contributed by atoms with E-state index in [0.29, 0.717) is 11.3 Å². The minimum absolute atomic E-state index is 0.0276. The van der Waals surface area contributed by atoms with E-state index in [0.717, 1.165) is 37.5 Å². The summed E-state index contributed by atoms with van der Waals surface area (Å²) in [5, 5.41) is 3.81. The van der Waals surface area contributed by atoms with Gasteiger partial charge >= 0.3 is 0 Å². The second-order valence-electron chi connectivity index (χ2n) is 5.39. The highest BCUT2D eigenvalue weighted by molar-refractivity contribution is 5.99. The molecule has 1 aliphatic rings. The molecule has 1 aliphatic heterocycles. The zero-order valence-electron chi connectivity index (χ0n) is 12.8. The van der Waals surface area contributed by atoms with Gasteiger partial charge in [0.05, 0.1) is 13.3 Å². The van der Waals surface area contributed by atoms with Crippen LogP contribution in [0.1, 0.15) is 10.4 Å². The van der Waals surface area contributed by atoms with Crippen LogP contribution in [0.5, 0.6) is 5.75 Å². The summed E-state index contributed by atoms with van der Waals surface area (Å²) < 4.78 is 10.5. The largest absolute Gasteiger partial charge is 0.497 e. The molecule has 1 amide bonds. The number of methoxy groups -OCH3 is 1. The van der Waals surface area contributed by atoms with Crippen LogP contribution >= 0.6 is 0 Å². The van der Waals surface area contributed by atoms with Crippen LogP contribution in [0.25, 0.3) is 11.3 Å². The summed E-state index contributed by atoms with van der Waals surface area (Å²) in [4.78, 5) is 16.7. The molecule has 0 N–H and O–H groups in total. The normalized spacial score (nSPS) is 15.8. The number of carbonyl (C=O) groups is 1. The molecule has 2 heterocycles. The highest BCUT2D eigenvalue weighted by Crippen LogP contribution is 2.26. The van der Waals surface area contributed by atoms with Gasteiger partial charge in [0, 0.05) is 31.7 Å². The summed E-state index contributed by atoms with van der Waals surface area (Å²) in [6.45, 7) is 3.22. The zero-order chi connectivity index (χ0) is 15.5. The van der Waals surface area contributed by atoms with E-state index in [1.807, 2.05) is 29.2 Å². The van der Waals surface area contributed by atoms with Crippen LogP contribution in [0.3, 0.4) is 0 Å². The van der Waals surface area contributed by atoms with Crippen LogP contribution in [0.4, 0.5) is 0 Å². The van der Waals surface area contributed by atoms with Crippen molar-refractivity contribution in [1.82, 2.24) is 15.0 Å². The summed E-state index contributed by atoms with van der Waals surface area (Å²) in [5.41, 5.74) is 1.32. The predicted molar refractivity (Wildman–Crippen MR) is 81.9 cm³/mol. The minimum Gasteiger partial charge on any atom is -0.497 e. The Morgan fingerprint density at radius 3 is 2.50 bits per heavy atom. The van der Waals surface area contributed by atoms with Crippen LogP contribution in [-0.2, 0) is 0 Å². The molecule has 0 aliphatic carbocycles. The first-order valence-corrected chi connectivity index (χ1v) is 7.26. The van der Waals surface area contributed by atoms with Crippen molar-refractivity contribution in [2.45, 2.75) is 0 Å². The predicted octanol–water partition coefficient (Wildman–Crippen LogP) is 1.74. The van der Waals surface area contributed by atoms with Crippen molar-refractivity contribution < 1.29 is 14.1 Å². The van der Waals surface area contributed by atoms with Gasteiger partial charge in [-0.05, 0) is 31.3 Å². The van der Waals surface area contributed by atoms with Gasteiger partial charge in [-0.25, -0.2) is 0 Å². The number of ether oxygens (including phenoxy) is 1. The van der Waals surface area contributed by atoms with Crippen molar-refractivity contribution in [1.29, 1.82) is 0 Å². The van der Waals surface area contributed by atoms with Crippen LogP contribution in [0, 0.1) is 0 Å². The van der Waals surface area contributed by atoms with Gasteiger partial charge < -0.3 is 19.1 Å². The Bertz CT molecular complexity index is 643. The Balaban J connectivity index is 1.83. The van der Waals surface area contributed by atoms with Crippen LogP contribution in [-0.4, -0.2) is 61.2 Å². The highest BCUT2D eigenvalue weighted by Gasteiger charge is 2.25. The summed E-state index contributed by atoms with van der Waals surface area (Å²) in [6, 6.07) is 7.39. The summed E-state index contributed by atoms with van der Waals surface area (Å²) >= 11 is 0. The molecule has 1 aromatic carbocycles. The lowest BCUT2D eigenvalue weighted by Gasteiger charge is -2.32. The number of piperazine rings is 1. The van der Waals surface area contributed by atoms with E-state index >= 15 is 0 Å². The van der Waals surface area contributed by atoms with E-state index < -0.39 is 0 Å². The second kappa shape index (κ2) is 6.19. The number of hydrogen-bond acceptors (Lipinski definition) is 5. The van der Waals surface area contributed by atoms with E-state index in [1.165, 1.54) is 6.20 Å². The molecule has 1 aromatic heterocycles. The second-order valence-corrected chi connectivity index (χ2v) is 5.39. The van der Waals surface area contributed by atoms with Crippen LogP contribution < -0.4 is 4.74 Å². The standard InChI is InChI=1S/C16H19N3O3/c1-18-7-9-19(10-8-18)16(20)14-11-17-22-15(14)12-3-5-13(21-2)6-4-12/h3-6,11H,7-10H2,1-2H3. The number of nitrogens with zero attached hydrogens (tertiary/aromatic N) is 3. The summed E-state index contributed by atoms with van der Waals surface area (Å²) in [6.07, 6.45) is 1.50. The minimum atomic E-state index is -0.0276. The Morgan fingerprint density at radius 2 is 1.86 bits per heavy atom. The van der Waals surface area contributed by atoms with Crippen LogP contribution in [0.2, 0.25) is 0 Å². The molecule has 6 heteroatoms. The molecule has 1 fully saturated rings. The van der Waals surface area contributed by atoms with Crippen LogP contribution in [0.15, 0.2) is 35.0 Å². The smallest absolute Gasteiger partial charge is 0.259 e. The molecule has 0 unspecified atom stereocenters. The van der Waals surface area contributed by atoms with Gasteiger partial charge in [0.1, 0.15) is 11.3 Å². The molecular weight excluding hydrogens is 282 g/mol. The molecule has 1 saturated heterocycles. The van der Waals surface area contributed by atoms with Gasteiger partial charge in [-0.15, -0.1) is 0 Å². The first kappa shape index (κ1) is 14.6. The summed E-state index contributed by atoms with van der Waals surface area (Å²) in [5.74, 6) is 1.24. The Morgan fingerprint density at radius 1 is 1.18 bits per heavy atom. The van der Waals surface area contributed by atoms with Gasteiger partial charge in [-0.2, -0.15) is 0 Å². The average Bonchev–Trinajstić information content (AvgIpc) is 3.04. The monoisotopic (exact) mass is 301 g/mol. The van der Waals surface area contributed by atoms with E-state index in [2.05, 4.69) is 17.1 Å². The lowest BCUT2D eigenvalue weighted by atomic mass is 10.1. The number of benzene rings is 1. The van der Waals surface area contributed by atoms with Crippen molar-refractivity contribution in [3.05, 3.63) is 36.0 Å². The molecular formula is C16H19N3O3. The average molecular weight is 301 g/mol. The molecule has 0 bridgehead atoms. The Hall–Kier alpha value is -2.34. The first-order chi connectivity index (χ1) is 10.7. The van der Waals surface area contributed by atoms with E-state index in [-0.39, 0.29) is 5.91 Å². The molecule has 0 radical (unpaired) electrons. The van der Waals surface area contributed by atoms with Crippen molar-refractivity contribution >= 4 is 5.91 Å². The maximum atomic E-state index is 12.7. The zero-order valence-corrected chi connectivity index (χ0v) is 12.8. The fraction of sp³-hybridized carbons (Fsp3) is 0.375. The Kier molecular flexibility index (Phi) is 4.11. The van der Waals surface area contributed by atoms with Crippen molar-refractivity contribution in [2.75, 3.05) is 40.3 Å². The molecule has 6 nitrogen and oxygen atoms in total. The van der Waals surface area contributed by atoms with Gasteiger partial charge in [-0.1, -0.05) is 5.16 Å². The lowest BCUT2D eigenvalue weighted by Crippen LogP contribution is -2.47. The molecule has 2 aromatic rings. The van der Waals surface area contributed by atoms with Crippen molar-refractivity contribution in [3.8, 4) is 17.1 Å². The fourth-order valence-electron chi connectivity index (χ4n) is 2.52. The molecule has 3 rings (SSSR count). The van der Waals surface area contributed by atoms with Crippen molar-refractivity contribution in [2.24, 2.45) is 0 Å². The fourth-order valence-corrected chi connectivity index (χ4v) is 2.52.